The number of aromatic nitrogens is 2. The van der Waals surface area contributed by atoms with Crippen molar-refractivity contribution in [3.05, 3.63) is 101 Å². The number of pyridine rings is 1. The standard InChI is InChI=1S/C25H25FN4S/c1-18-22(23-15-20(26)10-11-24(23)29-18)12-14-30(17-21-9-5-6-13-27-21)25(31)28-16-19-7-3-2-4-8-19/h2-11,13,15,29H,12,14,16-17H2,1H3,(H,28,31). The molecule has 4 nitrogen and oxygen atoms in total. The van der Waals surface area contributed by atoms with Gasteiger partial charge in [0, 0.05) is 35.9 Å². The van der Waals surface area contributed by atoms with Crippen LogP contribution in [0.3, 0.4) is 0 Å². The molecule has 2 aromatic heterocycles. The predicted octanol–water partition coefficient (Wildman–Crippen LogP) is 5.13. The van der Waals surface area contributed by atoms with E-state index in [4.69, 9.17) is 12.2 Å². The molecule has 6 heteroatoms. The van der Waals surface area contributed by atoms with Gasteiger partial charge in [0.2, 0.25) is 0 Å². The van der Waals surface area contributed by atoms with Crippen molar-refractivity contribution in [3.63, 3.8) is 0 Å². The maximum absolute atomic E-state index is 13.8. The minimum Gasteiger partial charge on any atom is -0.358 e. The Morgan fingerprint density at radius 1 is 1.10 bits per heavy atom. The molecular formula is C25H25FN4S. The Balaban J connectivity index is 1.51. The summed E-state index contributed by atoms with van der Waals surface area (Å²) in [5, 5.41) is 4.98. The molecule has 158 valence electrons. The molecule has 0 aliphatic rings. The number of nitrogens with one attached hydrogen (secondary N) is 2. The summed E-state index contributed by atoms with van der Waals surface area (Å²) in [6.45, 7) is 4.00. The van der Waals surface area contributed by atoms with Crippen LogP contribution in [0.1, 0.15) is 22.5 Å². The first kappa shape index (κ1) is 21.0. The van der Waals surface area contributed by atoms with E-state index in [0.717, 1.165) is 34.3 Å². The lowest BCUT2D eigenvalue weighted by Crippen LogP contribution is -2.40. The van der Waals surface area contributed by atoms with E-state index in [9.17, 15) is 4.39 Å². The van der Waals surface area contributed by atoms with Gasteiger partial charge in [-0.05, 0) is 67.0 Å². The highest BCUT2D eigenvalue weighted by atomic mass is 32.1. The molecule has 4 aromatic rings. The van der Waals surface area contributed by atoms with Crippen molar-refractivity contribution in [2.45, 2.75) is 26.4 Å². The number of aryl methyl sites for hydroxylation is 1. The maximum Gasteiger partial charge on any atom is 0.169 e. The van der Waals surface area contributed by atoms with E-state index in [0.29, 0.717) is 24.7 Å². The summed E-state index contributed by atoms with van der Waals surface area (Å²) in [5.74, 6) is -0.224. The fourth-order valence-electron chi connectivity index (χ4n) is 3.75. The van der Waals surface area contributed by atoms with Crippen LogP contribution < -0.4 is 5.32 Å². The van der Waals surface area contributed by atoms with Gasteiger partial charge in [0.25, 0.3) is 0 Å². The van der Waals surface area contributed by atoms with E-state index in [1.165, 1.54) is 11.6 Å². The molecule has 2 N–H and O–H groups in total. The second-order valence-electron chi connectivity index (χ2n) is 7.56. The predicted molar refractivity (Wildman–Crippen MR) is 127 cm³/mol. The number of fused-ring (bicyclic) bond motifs is 1. The van der Waals surface area contributed by atoms with Crippen molar-refractivity contribution in [2.75, 3.05) is 6.54 Å². The molecule has 0 bridgehead atoms. The summed E-state index contributed by atoms with van der Waals surface area (Å²) in [6, 6.07) is 20.9. The lowest BCUT2D eigenvalue weighted by atomic mass is 10.1. The number of halogens is 1. The summed E-state index contributed by atoms with van der Waals surface area (Å²) < 4.78 is 13.8. The molecule has 0 fully saturated rings. The summed E-state index contributed by atoms with van der Waals surface area (Å²) in [6.07, 6.45) is 2.54. The molecule has 0 radical (unpaired) electrons. The van der Waals surface area contributed by atoms with Crippen LogP contribution >= 0.6 is 12.2 Å². The Morgan fingerprint density at radius 2 is 1.90 bits per heavy atom. The largest absolute Gasteiger partial charge is 0.358 e. The Labute approximate surface area is 187 Å². The van der Waals surface area contributed by atoms with Crippen LogP contribution in [0, 0.1) is 12.7 Å². The highest BCUT2D eigenvalue weighted by Gasteiger charge is 2.15. The molecule has 0 amide bonds. The average molecular weight is 433 g/mol. The van der Waals surface area contributed by atoms with Crippen molar-refractivity contribution in [1.82, 2.24) is 20.2 Å². The first-order valence-corrected chi connectivity index (χ1v) is 10.7. The number of rotatable bonds is 7. The number of benzene rings is 2. The smallest absolute Gasteiger partial charge is 0.169 e. The Hall–Kier alpha value is -3.25. The van der Waals surface area contributed by atoms with Crippen LogP contribution in [-0.4, -0.2) is 26.5 Å². The zero-order valence-electron chi connectivity index (χ0n) is 17.4. The fourth-order valence-corrected chi connectivity index (χ4v) is 3.98. The van der Waals surface area contributed by atoms with Gasteiger partial charge in [-0.25, -0.2) is 4.39 Å². The van der Waals surface area contributed by atoms with Crippen LogP contribution in [0.15, 0.2) is 72.9 Å². The minimum atomic E-state index is -0.224. The van der Waals surface area contributed by atoms with E-state index in [2.05, 4.69) is 32.3 Å². The molecule has 0 atom stereocenters. The molecule has 2 aromatic carbocycles. The highest BCUT2D eigenvalue weighted by molar-refractivity contribution is 7.80. The minimum absolute atomic E-state index is 0.224. The maximum atomic E-state index is 13.8. The average Bonchev–Trinajstić information content (AvgIpc) is 3.10. The molecule has 0 aliphatic carbocycles. The lowest BCUT2D eigenvalue weighted by Gasteiger charge is -2.26. The Bertz CT molecular complexity index is 1160. The molecule has 4 rings (SSSR count). The normalized spacial score (nSPS) is 10.9. The zero-order valence-corrected chi connectivity index (χ0v) is 18.3. The van der Waals surface area contributed by atoms with Gasteiger partial charge in [0.15, 0.2) is 5.11 Å². The van der Waals surface area contributed by atoms with Gasteiger partial charge in [0.1, 0.15) is 5.82 Å². The first-order valence-electron chi connectivity index (χ1n) is 10.3. The Morgan fingerprint density at radius 3 is 2.68 bits per heavy atom. The third-order valence-electron chi connectivity index (χ3n) is 5.37. The summed E-state index contributed by atoms with van der Waals surface area (Å²) in [4.78, 5) is 9.94. The third-order valence-corrected chi connectivity index (χ3v) is 5.77. The highest BCUT2D eigenvalue weighted by Crippen LogP contribution is 2.24. The molecular weight excluding hydrogens is 407 g/mol. The van der Waals surface area contributed by atoms with E-state index in [1.54, 1.807) is 18.3 Å². The summed E-state index contributed by atoms with van der Waals surface area (Å²) >= 11 is 5.74. The van der Waals surface area contributed by atoms with Gasteiger partial charge in [-0.2, -0.15) is 0 Å². The summed E-state index contributed by atoms with van der Waals surface area (Å²) in [5.41, 5.74) is 5.25. The monoisotopic (exact) mass is 432 g/mol. The second-order valence-corrected chi connectivity index (χ2v) is 7.94. The SMILES string of the molecule is Cc1[nH]c2ccc(F)cc2c1CCN(Cc1ccccn1)C(=S)NCc1ccccc1. The van der Waals surface area contributed by atoms with E-state index < -0.39 is 0 Å². The molecule has 0 spiro atoms. The molecule has 2 heterocycles. The number of thiocarbonyl (C=S) groups is 1. The number of aromatic amines is 1. The number of hydrogen-bond acceptors (Lipinski definition) is 2. The van der Waals surface area contributed by atoms with Crippen molar-refractivity contribution < 1.29 is 4.39 Å². The number of H-pyrrole nitrogens is 1. The fraction of sp³-hybridized carbons (Fsp3) is 0.200. The van der Waals surface area contributed by atoms with Gasteiger partial charge in [-0.1, -0.05) is 36.4 Å². The van der Waals surface area contributed by atoms with Gasteiger partial charge in [0.05, 0.1) is 12.2 Å². The number of hydrogen-bond donors (Lipinski definition) is 2. The Kier molecular flexibility index (Phi) is 6.57. The van der Waals surface area contributed by atoms with Crippen molar-refractivity contribution in [2.24, 2.45) is 0 Å². The van der Waals surface area contributed by atoms with Crippen molar-refractivity contribution >= 4 is 28.2 Å². The third kappa shape index (κ3) is 5.27. The van der Waals surface area contributed by atoms with Crippen molar-refractivity contribution in [3.8, 4) is 0 Å². The van der Waals surface area contributed by atoms with Crippen LogP contribution in [0.2, 0.25) is 0 Å². The quantitative estimate of drug-likeness (QED) is 0.398. The van der Waals surface area contributed by atoms with Gasteiger partial charge in [-0.15, -0.1) is 0 Å². The zero-order chi connectivity index (χ0) is 21.6. The van der Waals surface area contributed by atoms with E-state index >= 15 is 0 Å². The number of nitrogens with zero attached hydrogens (tertiary/aromatic N) is 2. The molecule has 0 saturated heterocycles. The van der Waals surface area contributed by atoms with Gasteiger partial charge >= 0.3 is 0 Å². The second kappa shape index (κ2) is 9.71. The van der Waals surface area contributed by atoms with Gasteiger partial charge in [-0.3, -0.25) is 4.98 Å². The molecule has 31 heavy (non-hydrogen) atoms. The van der Waals surface area contributed by atoms with Crippen LogP contribution in [0.25, 0.3) is 10.9 Å². The van der Waals surface area contributed by atoms with Crippen LogP contribution in [0.5, 0.6) is 0 Å². The molecule has 0 aliphatic heterocycles. The van der Waals surface area contributed by atoms with E-state index in [-0.39, 0.29) is 5.82 Å². The van der Waals surface area contributed by atoms with Crippen LogP contribution in [0.4, 0.5) is 4.39 Å². The molecule has 0 unspecified atom stereocenters. The van der Waals surface area contributed by atoms with Crippen LogP contribution in [-0.2, 0) is 19.5 Å². The van der Waals surface area contributed by atoms with E-state index in [1.807, 2.05) is 43.3 Å². The summed E-state index contributed by atoms with van der Waals surface area (Å²) in [7, 11) is 0. The van der Waals surface area contributed by atoms with Crippen molar-refractivity contribution in [1.29, 1.82) is 0 Å². The lowest BCUT2D eigenvalue weighted by molar-refractivity contribution is 0.404. The topological polar surface area (TPSA) is 44.0 Å². The van der Waals surface area contributed by atoms with Gasteiger partial charge < -0.3 is 15.2 Å². The first-order chi connectivity index (χ1) is 15.1. The molecule has 0 saturated carbocycles.